The number of rotatable bonds is 6. The molecule has 1 aromatic rings. The minimum atomic E-state index is -2.86. The molecule has 0 aliphatic carbocycles. The van der Waals surface area contributed by atoms with Gasteiger partial charge in [0.2, 0.25) is 5.91 Å². The van der Waals surface area contributed by atoms with E-state index in [1.165, 1.54) is 24.1 Å². The summed E-state index contributed by atoms with van der Waals surface area (Å²) in [5.74, 6) is -2.09. The number of primary amides is 1. The van der Waals surface area contributed by atoms with E-state index in [0.29, 0.717) is 0 Å². The molecular weight excluding hydrogens is 338 g/mol. The molecule has 1 fully saturated rings. The fourth-order valence-electron chi connectivity index (χ4n) is 2.44. The maximum Gasteiger partial charge on any atom is 0.265 e. The van der Waals surface area contributed by atoms with Crippen molar-refractivity contribution < 1.29 is 27.9 Å². The van der Waals surface area contributed by atoms with Crippen LogP contribution in [0, 0.1) is 0 Å². The number of anilines is 2. The number of hydrogen-bond acceptors (Lipinski definition) is 5. The van der Waals surface area contributed by atoms with Crippen molar-refractivity contribution in [3.63, 3.8) is 0 Å². The molecule has 0 spiro atoms. The van der Waals surface area contributed by atoms with Crippen molar-refractivity contribution in [1.82, 2.24) is 5.32 Å². The Hall–Kier alpha value is -2.59. The first kappa shape index (κ1) is 18.7. The van der Waals surface area contributed by atoms with Gasteiger partial charge in [0.25, 0.3) is 18.2 Å². The summed E-state index contributed by atoms with van der Waals surface area (Å²) in [6.07, 6.45) is -2.86. The highest BCUT2D eigenvalue weighted by atomic mass is 19.3. The SMILES string of the molecule is CN[C@H](C(N)=O)C(=O)Nc1ccc(N2CCOCC2=O)c(C(F)F)c1. The number of amides is 3. The Kier molecular flexibility index (Phi) is 5.99. The van der Waals surface area contributed by atoms with Crippen molar-refractivity contribution in [3.05, 3.63) is 23.8 Å². The molecule has 25 heavy (non-hydrogen) atoms. The van der Waals surface area contributed by atoms with Crippen LogP contribution in [0.4, 0.5) is 20.2 Å². The number of hydrogen-bond donors (Lipinski definition) is 3. The van der Waals surface area contributed by atoms with E-state index < -0.39 is 35.8 Å². The Morgan fingerprint density at radius 2 is 2.08 bits per heavy atom. The van der Waals surface area contributed by atoms with Crippen LogP contribution in [0.25, 0.3) is 0 Å². The summed E-state index contributed by atoms with van der Waals surface area (Å²) in [5.41, 5.74) is 4.79. The summed E-state index contributed by atoms with van der Waals surface area (Å²) in [5, 5.41) is 4.77. The zero-order valence-electron chi connectivity index (χ0n) is 13.4. The smallest absolute Gasteiger partial charge is 0.265 e. The summed E-state index contributed by atoms with van der Waals surface area (Å²) in [6, 6.07) is 2.46. The fourth-order valence-corrected chi connectivity index (χ4v) is 2.44. The maximum atomic E-state index is 13.4. The van der Waals surface area contributed by atoms with Gasteiger partial charge in [-0.1, -0.05) is 0 Å². The molecule has 1 aliphatic rings. The van der Waals surface area contributed by atoms with Crippen LogP contribution in [-0.4, -0.2) is 50.6 Å². The van der Waals surface area contributed by atoms with E-state index in [9.17, 15) is 23.2 Å². The molecule has 0 radical (unpaired) electrons. The highest BCUT2D eigenvalue weighted by molar-refractivity contribution is 6.09. The van der Waals surface area contributed by atoms with Gasteiger partial charge >= 0.3 is 0 Å². The molecule has 4 N–H and O–H groups in total. The molecule has 1 aliphatic heterocycles. The third-order valence-corrected chi connectivity index (χ3v) is 3.64. The maximum absolute atomic E-state index is 13.4. The minimum Gasteiger partial charge on any atom is -0.370 e. The van der Waals surface area contributed by atoms with Crippen LogP contribution in [0.3, 0.4) is 0 Å². The normalized spacial score (nSPS) is 16.0. The predicted molar refractivity (Wildman–Crippen MR) is 85.2 cm³/mol. The molecule has 1 atom stereocenters. The van der Waals surface area contributed by atoms with Crippen LogP contribution in [0.5, 0.6) is 0 Å². The van der Waals surface area contributed by atoms with Gasteiger partial charge in [-0.15, -0.1) is 0 Å². The van der Waals surface area contributed by atoms with Crippen molar-refractivity contribution in [2.24, 2.45) is 5.73 Å². The van der Waals surface area contributed by atoms with Crippen LogP contribution in [0.2, 0.25) is 0 Å². The number of nitrogens with one attached hydrogen (secondary N) is 2. The molecule has 0 bridgehead atoms. The van der Waals surface area contributed by atoms with Crippen molar-refractivity contribution >= 4 is 29.1 Å². The van der Waals surface area contributed by atoms with Crippen molar-refractivity contribution in [2.75, 3.05) is 37.0 Å². The van der Waals surface area contributed by atoms with Gasteiger partial charge in [0, 0.05) is 17.8 Å². The topological polar surface area (TPSA) is 114 Å². The Bertz CT molecular complexity index is 683. The number of ether oxygens (including phenoxy) is 1. The predicted octanol–water partition coefficient (Wildman–Crippen LogP) is -0.000800. The lowest BCUT2D eigenvalue weighted by molar-refractivity contribution is -0.128. The van der Waals surface area contributed by atoms with E-state index in [2.05, 4.69) is 10.6 Å². The molecule has 0 unspecified atom stereocenters. The second-order valence-electron chi connectivity index (χ2n) is 5.29. The van der Waals surface area contributed by atoms with Gasteiger partial charge in [0.1, 0.15) is 6.61 Å². The van der Waals surface area contributed by atoms with E-state index in [-0.39, 0.29) is 31.1 Å². The summed E-state index contributed by atoms with van der Waals surface area (Å²) < 4.78 is 31.8. The number of halogens is 2. The summed E-state index contributed by atoms with van der Waals surface area (Å²) >= 11 is 0. The van der Waals surface area contributed by atoms with Crippen LogP contribution in [-0.2, 0) is 19.1 Å². The van der Waals surface area contributed by atoms with Gasteiger partial charge in [0.15, 0.2) is 6.04 Å². The third kappa shape index (κ3) is 4.28. The zero-order valence-corrected chi connectivity index (χ0v) is 13.4. The number of carbonyl (C=O) groups excluding carboxylic acids is 3. The van der Waals surface area contributed by atoms with E-state index >= 15 is 0 Å². The van der Waals surface area contributed by atoms with Gasteiger partial charge in [-0.25, -0.2) is 8.78 Å². The van der Waals surface area contributed by atoms with E-state index in [1.54, 1.807) is 0 Å². The first-order valence-electron chi connectivity index (χ1n) is 7.42. The van der Waals surface area contributed by atoms with Gasteiger partial charge in [0.05, 0.1) is 12.3 Å². The molecule has 1 saturated heterocycles. The third-order valence-electron chi connectivity index (χ3n) is 3.64. The van der Waals surface area contributed by atoms with Crippen LogP contribution in [0.15, 0.2) is 18.2 Å². The number of nitrogens with zero attached hydrogens (tertiary/aromatic N) is 1. The monoisotopic (exact) mass is 356 g/mol. The Labute approximate surface area is 142 Å². The van der Waals surface area contributed by atoms with Crippen LogP contribution >= 0.6 is 0 Å². The van der Waals surface area contributed by atoms with E-state index in [0.717, 1.165) is 6.07 Å². The average molecular weight is 356 g/mol. The lowest BCUT2D eigenvalue weighted by Gasteiger charge is -2.29. The van der Waals surface area contributed by atoms with Crippen molar-refractivity contribution in [2.45, 2.75) is 12.5 Å². The lowest BCUT2D eigenvalue weighted by Crippen LogP contribution is -2.48. The molecule has 0 saturated carbocycles. The Balaban J connectivity index is 2.28. The fraction of sp³-hybridized carbons (Fsp3) is 0.400. The molecule has 3 amide bonds. The average Bonchev–Trinajstić information content (AvgIpc) is 2.55. The highest BCUT2D eigenvalue weighted by Gasteiger charge is 2.27. The molecule has 0 aromatic heterocycles. The summed E-state index contributed by atoms with van der Waals surface area (Å²) in [6.45, 7) is 0.229. The van der Waals surface area contributed by atoms with Crippen molar-refractivity contribution in [3.8, 4) is 0 Å². The number of likely N-dealkylation sites (N-methyl/N-ethyl adjacent to an activating group) is 1. The van der Waals surface area contributed by atoms with Crippen molar-refractivity contribution in [1.29, 1.82) is 0 Å². The van der Waals surface area contributed by atoms with Crippen LogP contribution < -0.4 is 21.3 Å². The Morgan fingerprint density at radius 1 is 1.36 bits per heavy atom. The molecule has 136 valence electrons. The van der Waals surface area contributed by atoms with Gasteiger partial charge < -0.3 is 26.0 Å². The highest BCUT2D eigenvalue weighted by Crippen LogP contribution is 2.33. The first-order valence-corrected chi connectivity index (χ1v) is 7.42. The van der Waals surface area contributed by atoms with Crippen LogP contribution in [0.1, 0.15) is 12.0 Å². The zero-order chi connectivity index (χ0) is 18.6. The van der Waals surface area contributed by atoms with Gasteiger partial charge in [-0.2, -0.15) is 0 Å². The molecule has 2 rings (SSSR count). The standard InChI is InChI=1S/C15H18F2N4O4/c1-19-12(14(18)23)15(24)20-8-2-3-10(9(6-8)13(16)17)21-4-5-25-7-11(21)22/h2-3,6,12-13,19H,4-5,7H2,1H3,(H2,18,23)(H,20,24)/t12-/m1/s1. The first-order chi connectivity index (χ1) is 11.8. The second kappa shape index (κ2) is 7.99. The number of nitrogens with two attached hydrogens (primary N) is 1. The number of benzene rings is 1. The van der Waals surface area contributed by atoms with Gasteiger partial charge in [-0.3, -0.25) is 14.4 Å². The Morgan fingerprint density at radius 3 is 2.64 bits per heavy atom. The minimum absolute atomic E-state index is 0.0568. The summed E-state index contributed by atoms with van der Waals surface area (Å²) in [7, 11) is 1.37. The van der Waals surface area contributed by atoms with Gasteiger partial charge in [-0.05, 0) is 25.2 Å². The molecular formula is C15H18F2N4O4. The van der Waals surface area contributed by atoms with E-state index in [4.69, 9.17) is 10.5 Å². The molecule has 8 nitrogen and oxygen atoms in total. The molecule has 1 aromatic carbocycles. The molecule has 1 heterocycles. The quantitative estimate of drug-likeness (QED) is 0.621. The van der Waals surface area contributed by atoms with E-state index in [1.807, 2.05) is 0 Å². The number of morpholine rings is 1. The largest absolute Gasteiger partial charge is 0.370 e. The number of carbonyl (C=O) groups is 3. The second-order valence-corrected chi connectivity index (χ2v) is 5.29. The lowest BCUT2D eigenvalue weighted by atomic mass is 10.1. The summed E-state index contributed by atoms with van der Waals surface area (Å²) in [4.78, 5) is 36.2. The number of alkyl halides is 2. The molecule has 10 heteroatoms.